The molecule has 4 aromatic rings. The second-order valence-corrected chi connectivity index (χ2v) is 13.1. The molecule has 2 N–H and O–H groups in total. The van der Waals surface area contributed by atoms with Crippen LogP contribution in [0.1, 0.15) is 41.0 Å². The Morgan fingerprint density at radius 2 is 1.84 bits per heavy atom. The minimum Gasteiger partial charge on any atom is -0.392 e. The number of morpholine rings is 1. The Hall–Kier alpha value is -4.13. The molecule has 1 saturated heterocycles. The van der Waals surface area contributed by atoms with Crippen LogP contribution in [0.5, 0.6) is 0 Å². The summed E-state index contributed by atoms with van der Waals surface area (Å²) in [5.74, 6) is 0.490. The molecule has 5 heterocycles. The summed E-state index contributed by atoms with van der Waals surface area (Å²) in [5.41, 5.74) is 4.84. The van der Waals surface area contributed by atoms with Gasteiger partial charge in [0, 0.05) is 36.8 Å². The predicted octanol–water partition coefficient (Wildman–Crippen LogP) is 3.05. The lowest BCUT2D eigenvalue weighted by atomic mass is 10.0. The van der Waals surface area contributed by atoms with Crippen molar-refractivity contribution in [2.75, 3.05) is 35.1 Å². The fraction of sp³-hybridized carbons (Fsp3) is 0.355. The van der Waals surface area contributed by atoms with Crippen LogP contribution in [0.25, 0.3) is 22.3 Å². The summed E-state index contributed by atoms with van der Waals surface area (Å²) in [6.07, 6.45) is 3.59. The van der Waals surface area contributed by atoms with Crippen LogP contribution >= 0.6 is 0 Å². The third-order valence-electron chi connectivity index (χ3n) is 7.79. The van der Waals surface area contributed by atoms with Crippen molar-refractivity contribution in [3.05, 3.63) is 77.1 Å². The smallest absolute Gasteiger partial charge is 0.251 e. The summed E-state index contributed by atoms with van der Waals surface area (Å²) in [6.45, 7) is 5.82. The number of ether oxygens (including phenoxy) is 1. The second kappa shape index (κ2) is 11.5. The summed E-state index contributed by atoms with van der Waals surface area (Å²) >= 11 is 0. The van der Waals surface area contributed by atoms with E-state index in [-0.39, 0.29) is 37.5 Å². The van der Waals surface area contributed by atoms with E-state index in [0.29, 0.717) is 23.4 Å². The van der Waals surface area contributed by atoms with Crippen molar-refractivity contribution in [2.24, 2.45) is 0 Å². The molecule has 0 saturated carbocycles. The molecule has 0 unspecified atom stereocenters. The maximum atomic E-state index is 13.1. The largest absolute Gasteiger partial charge is 0.392 e. The van der Waals surface area contributed by atoms with Crippen LogP contribution in [-0.2, 0) is 34.3 Å². The molecule has 2 atom stereocenters. The van der Waals surface area contributed by atoms with Crippen molar-refractivity contribution in [3.63, 3.8) is 0 Å². The molecule has 0 spiro atoms. The van der Waals surface area contributed by atoms with Gasteiger partial charge in [0.1, 0.15) is 5.82 Å². The van der Waals surface area contributed by atoms with Gasteiger partial charge in [-0.3, -0.25) is 14.1 Å². The van der Waals surface area contributed by atoms with Crippen molar-refractivity contribution in [2.45, 2.75) is 45.6 Å². The molecule has 2 aliphatic heterocycles. The number of fused-ring (bicyclic) bond motifs is 2. The van der Waals surface area contributed by atoms with E-state index in [2.05, 4.69) is 29.0 Å². The number of aliphatic hydroxyl groups excluding tert-OH is 1. The molecule has 12 heteroatoms. The number of rotatable bonds is 7. The van der Waals surface area contributed by atoms with Gasteiger partial charge in [0.05, 0.1) is 59.9 Å². The summed E-state index contributed by atoms with van der Waals surface area (Å²) in [6, 6.07) is 14.8. The number of amides is 1. The maximum absolute atomic E-state index is 13.1. The molecular weight excluding hydrogens is 568 g/mol. The van der Waals surface area contributed by atoms with Crippen LogP contribution in [0.15, 0.2) is 54.7 Å². The predicted molar refractivity (Wildman–Crippen MR) is 164 cm³/mol. The van der Waals surface area contributed by atoms with Gasteiger partial charge in [0.25, 0.3) is 5.91 Å². The molecule has 0 bridgehead atoms. The second-order valence-electron chi connectivity index (χ2n) is 11.2. The highest BCUT2D eigenvalue weighted by molar-refractivity contribution is 7.92. The summed E-state index contributed by atoms with van der Waals surface area (Å²) in [7, 11) is -3.50. The van der Waals surface area contributed by atoms with Gasteiger partial charge in [-0.25, -0.2) is 18.4 Å². The number of hydrogen-bond acceptors (Lipinski definition) is 9. The van der Waals surface area contributed by atoms with Crippen molar-refractivity contribution >= 4 is 38.3 Å². The molecule has 2 aliphatic rings. The first-order chi connectivity index (χ1) is 20.6. The van der Waals surface area contributed by atoms with Gasteiger partial charge in [-0.05, 0) is 73.9 Å². The molecule has 0 aliphatic carbocycles. The lowest BCUT2D eigenvalue weighted by Gasteiger charge is -2.36. The van der Waals surface area contributed by atoms with Gasteiger partial charge in [-0.15, -0.1) is 0 Å². The Balaban J connectivity index is 1.21. The van der Waals surface area contributed by atoms with Gasteiger partial charge in [0.2, 0.25) is 10.0 Å². The van der Waals surface area contributed by atoms with Crippen molar-refractivity contribution in [1.82, 2.24) is 20.3 Å². The Kier molecular flexibility index (Phi) is 7.75. The average Bonchev–Trinajstić information content (AvgIpc) is 3.44. The Bertz CT molecular complexity index is 1800. The number of pyridine rings is 3. The Morgan fingerprint density at radius 1 is 1.07 bits per heavy atom. The van der Waals surface area contributed by atoms with E-state index in [0.717, 1.165) is 53.0 Å². The highest BCUT2D eigenvalue weighted by Crippen LogP contribution is 2.34. The zero-order valence-electron chi connectivity index (χ0n) is 24.3. The molecule has 224 valence electrons. The molecule has 0 radical (unpaired) electrons. The van der Waals surface area contributed by atoms with Crippen LogP contribution in [0, 0.1) is 0 Å². The summed E-state index contributed by atoms with van der Waals surface area (Å²) in [5, 5.41) is 13.6. The van der Waals surface area contributed by atoms with Crippen LogP contribution in [0.3, 0.4) is 0 Å². The molecular formula is C31H34N6O5S. The summed E-state index contributed by atoms with van der Waals surface area (Å²) in [4.78, 5) is 29.6. The topological polar surface area (TPSA) is 138 Å². The number of carbonyl (C=O) groups excluding carboxylic acids is 1. The third-order valence-corrected chi connectivity index (χ3v) is 8.97. The van der Waals surface area contributed by atoms with Gasteiger partial charge >= 0.3 is 0 Å². The SMILES string of the molecule is C[C@@H]1CN(c2cccc(-c3ccc4cnc(CNC(=O)c5cc(CO)c6c(c5)N(S(C)(=O)=O)CC6)cc4n3)n2)C[C@H](C)O1. The fourth-order valence-electron chi connectivity index (χ4n) is 5.85. The highest BCUT2D eigenvalue weighted by Gasteiger charge is 2.29. The van der Waals surface area contributed by atoms with Crippen LogP contribution < -0.4 is 14.5 Å². The Morgan fingerprint density at radius 3 is 2.58 bits per heavy atom. The molecule has 3 aromatic heterocycles. The first-order valence-electron chi connectivity index (χ1n) is 14.2. The summed E-state index contributed by atoms with van der Waals surface area (Å²) < 4.78 is 31.7. The van der Waals surface area contributed by atoms with E-state index in [1.54, 1.807) is 18.3 Å². The van der Waals surface area contributed by atoms with Gasteiger partial charge < -0.3 is 20.1 Å². The van der Waals surface area contributed by atoms with Crippen LogP contribution in [-0.4, -0.2) is 72.5 Å². The van der Waals surface area contributed by atoms with E-state index >= 15 is 0 Å². The van der Waals surface area contributed by atoms with Crippen molar-refractivity contribution in [3.8, 4) is 11.4 Å². The third kappa shape index (κ3) is 6.03. The number of benzene rings is 1. The van der Waals surface area contributed by atoms with E-state index in [9.17, 15) is 18.3 Å². The molecule has 1 fully saturated rings. The number of nitrogens with one attached hydrogen (secondary N) is 1. The molecule has 1 amide bonds. The molecule has 1 aromatic carbocycles. The lowest BCUT2D eigenvalue weighted by molar-refractivity contribution is -0.00545. The Labute approximate surface area is 250 Å². The molecule has 6 rings (SSSR count). The number of nitrogens with zero attached hydrogens (tertiary/aromatic N) is 5. The zero-order valence-corrected chi connectivity index (χ0v) is 25.1. The van der Waals surface area contributed by atoms with Crippen molar-refractivity contribution < 1.29 is 23.1 Å². The number of aromatic nitrogens is 3. The number of hydrogen-bond donors (Lipinski definition) is 2. The molecule has 43 heavy (non-hydrogen) atoms. The highest BCUT2D eigenvalue weighted by atomic mass is 32.2. The number of carbonyl (C=O) groups is 1. The van der Waals surface area contributed by atoms with Gasteiger partial charge in [0.15, 0.2) is 0 Å². The number of sulfonamides is 1. The first-order valence-corrected chi connectivity index (χ1v) is 16.1. The maximum Gasteiger partial charge on any atom is 0.251 e. The average molecular weight is 603 g/mol. The van der Waals surface area contributed by atoms with E-state index in [1.165, 1.54) is 4.31 Å². The van der Waals surface area contributed by atoms with E-state index < -0.39 is 15.9 Å². The zero-order chi connectivity index (χ0) is 30.3. The van der Waals surface area contributed by atoms with Crippen LogP contribution in [0.2, 0.25) is 0 Å². The standard InChI is InChI=1S/C31H34N6O5S/c1-19-16-36(17-20(2)42-19)30-6-4-5-26(35-30)27-8-7-21-14-32-24(13-28(21)34-27)15-33-31(39)22-11-23(18-38)25-9-10-37(29(25)12-22)43(3,40)41/h4-8,11-14,19-20,38H,9-10,15-18H2,1-3H3,(H,33,39)/t19-,20+. The van der Waals surface area contributed by atoms with Crippen LogP contribution in [0.4, 0.5) is 11.5 Å². The minimum absolute atomic E-state index is 0.126. The van der Waals surface area contributed by atoms with E-state index in [4.69, 9.17) is 14.7 Å². The van der Waals surface area contributed by atoms with Crippen molar-refractivity contribution in [1.29, 1.82) is 0 Å². The van der Waals surface area contributed by atoms with Gasteiger partial charge in [-0.1, -0.05) is 6.07 Å². The van der Waals surface area contributed by atoms with Gasteiger partial charge in [-0.2, -0.15) is 0 Å². The minimum atomic E-state index is -3.50. The quantitative estimate of drug-likeness (QED) is 0.327. The first kappa shape index (κ1) is 29.0. The number of anilines is 2. The van der Waals surface area contributed by atoms with E-state index in [1.807, 2.05) is 36.4 Å². The lowest BCUT2D eigenvalue weighted by Crippen LogP contribution is -2.45. The fourth-order valence-corrected chi connectivity index (χ4v) is 6.80. The number of aliphatic hydroxyl groups is 1. The normalized spacial score (nSPS) is 18.6. The monoisotopic (exact) mass is 602 g/mol. The molecule has 11 nitrogen and oxygen atoms in total.